The molecule has 0 radical (unpaired) electrons. The van der Waals surface area contributed by atoms with Crippen LogP contribution < -0.4 is 5.73 Å². The van der Waals surface area contributed by atoms with Crippen molar-refractivity contribution >= 4 is 23.2 Å². The average molecular weight is 300 g/mol. The molecule has 2 unspecified atom stereocenters. The zero-order valence-corrected chi connectivity index (χ0v) is 12.4. The molecule has 19 heavy (non-hydrogen) atoms. The maximum Gasteiger partial charge on any atom is 0.0675 e. The van der Waals surface area contributed by atoms with Crippen LogP contribution in [0.1, 0.15) is 24.8 Å². The van der Waals surface area contributed by atoms with Crippen LogP contribution in [0.3, 0.4) is 0 Å². The molecule has 1 saturated carbocycles. The summed E-state index contributed by atoms with van der Waals surface area (Å²) in [6.45, 7) is 1.51. The van der Waals surface area contributed by atoms with E-state index in [1.807, 2.05) is 18.2 Å². The summed E-state index contributed by atoms with van der Waals surface area (Å²) in [5, 5.41) is 1.22. The van der Waals surface area contributed by atoms with Gasteiger partial charge in [-0.1, -0.05) is 29.3 Å². The van der Waals surface area contributed by atoms with Crippen LogP contribution in [0.25, 0.3) is 0 Å². The van der Waals surface area contributed by atoms with Gasteiger partial charge in [0.15, 0.2) is 0 Å². The topological polar surface area (TPSA) is 35.2 Å². The molecule has 2 fully saturated rings. The highest BCUT2D eigenvalue weighted by atomic mass is 35.5. The van der Waals surface area contributed by atoms with Crippen LogP contribution in [0, 0.1) is 11.3 Å². The molecule has 104 valence electrons. The number of hydrogen-bond donors (Lipinski definition) is 1. The summed E-state index contributed by atoms with van der Waals surface area (Å²) < 4.78 is 5.97. The van der Waals surface area contributed by atoms with Crippen molar-refractivity contribution in [3.05, 3.63) is 33.8 Å². The van der Waals surface area contributed by atoms with Crippen molar-refractivity contribution in [3.63, 3.8) is 0 Å². The molecule has 1 aliphatic heterocycles. The number of hydrogen-bond acceptors (Lipinski definition) is 2. The summed E-state index contributed by atoms with van der Waals surface area (Å²) in [6, 6.07) is 5.88. The van der Waals surface area contributed by atoms with E-state index in [0.717, 1.165) is 19.4 Å². The minimum atomic E-state index is 0.0817. The Hall–Kier alpha value is -0.280. The molecule has 2 nitrogen and oxygen atoms in total. The molecule has 1 aliphatic carbocycles. The van der Waals surface area contributed by atoms with E-state index in [-0.39, 0.29) is 5.41 Å². The van der Waals surface area contributed by atoms with Crippen molar-refractivity contribution in [2.75, 3.05) is 13.2 Å². The average Bonchev–Trinajstić information content (AvgIpc) is 3.16. The first-order valence-electron chi connectivity index (χ1n) is 6.90. The molecule has 2 atom stereocenters. The van der Waals surface area contributed by atoms with E-state index in [1.165, 1.54) is 18.4 Å². The van der Waals surface area contributed by atoms with Crippen molar-refractivity contribution in [2.24, 2.45) is 17.1 Å². The third-order valence-electron chi connectivity index (χ3n) is 4.50. The first kappa shape index (κ1) is 13.7. The molecule has 2 aliphatic rings. The molecule has 3 rings (SSSR count). The van der Waals surface area contributed by atoms with E-state index in [9.17, 15) is 0 Å². The highest BCUT2D eigenvalue weighted by Crippen LogP contribution is 2.49. The molecule has 4 heteroatoms. The lowest BCUT2D eigenvalue weighted by Crippen LogP contribution is -2.41. The first-order chi connectivity index (χ1) is 9.14. The predicted octanol–water partition coefficient (Wildman–Crippen LogP) is 3.68. The summed E-state index contributed by atoms with van der Waals surface area (Å²) in [5.41, 5.74) is 7.39. The SMILES string of the molecule is NCC1(Cc2ccc(Cl)c(Cl)c2)CCOC1C1CC1. The lowest BCUT2D eigenvalue weighted by molar-refractivity contribution is 0.0345. The zero-order chi connectivity index (χ0) is 13.5. The summed E-state index contributed by atoms with van der Waals surface area (Å²) in [5.74, 6) is 0.717. The van der Waals surface area contributed by atoms with Crippen LogP contribution in [-0.2, 0) is 11.2 Å². The Morgan fingerprint density at radius 3 is 2.68 bits per heavy atom. The van der Waals surface area contributed by atoms with Crippen molar-refractivity contribution in [1.82, 2.24) is 0 Å². The quantitative estimate of drug-likeness (QED) is 0.920. The molecular formula is C15H19Cl2NO. The highest BCUT2D eigenvalue weighted by Gasteiger charge is 2.50. The van der Waals surface area contributed by atoms with Gasteiger partial charge in [-0.15, -0.1) is 0 Å². The fourth-order valence-electron chi connectivity index (χ4n) is 3.28. The second kappa shape index (κ2) is 5.25. The molecule has 1 heterocycles. The molecule has 0 amide bonds. The summed E-state index contributed by atoms with van der Waals surface area (Å²) in [4.78, 5) is 0. The minimum Gasteiger partial charge on any atom is -0.377 e. The lowest BCUT2D eigenvalue weighted by Gasteiger charge is -2.33. The van der Waals surface area contributed by atoms with Gasteiger partial charge in [0.25, 0.3) is 0 Å². The highest BCUT2D eigenvalue weighted by molar-refractivity contribution is 6.42. The minimum absolute atomic E-state index is 0.0817. The van der Waals surface area contributed by atoms with Crippen molar-refractivity contribution in [3.8, 4) is 0 Å². The van der Waals surface area contributed by atoms with Crippen LogP contribution in [0.4, 0.5) is 0 Å². The Labute approximate surface area is 124 Å². The predicted molar refractivity (Wildman–Crippen MR) is 78.7 cm³/mol. The summed E-state index contributed by atoms with van der Waals surface area (Å²) in [6.07, 6.45) is 4.88. The molecule has 2 N–H and O–H groups in total. The van der Waals surface area contributed by atoms with Gasteiger partial charge in [0.05, 0.1) is 16.1 Å². The number of ether oxygens (including phenoxy) is 1. The van der Waals surface area contributed by atoms with Crippen LogP contribution in [0.5, 0.6) is 0 Å². The standard InChI is InChI=1S/C15H19Cl2NO/c16-12-4-1-10(7-13(12)17)8-15(9-18)5-6-19-14(15)11-2-3-11/h1,4,7,11,14H,2-3,5-6,8-9,18H2. The van der Waals surface area contributed by atoms with Gasteiger partial charge < -0.3 is 10.5 Å². The maximum atomic E-state index is 6.10. The van der Waals surface area contributed by atoms with Crippen LogP contribution in [0.2, 0.25) is 10.0 Å². The Morgan fingerprint density at radius 1 is 1.26 bits per heavy atom. The smallest absolute Gasteiger partial charge is 0.0675 e. The van der Waals surface area contributed by atoms with Crippen molar-refractivity contribution < 1.29 is 4.74 Å². The molecule has 1 aromatic carbocycles. The first-order valence-corrected chi connectivity index (χ1v) is 7.66. The van der Waals surface area contributed by atoms with E-state index in [4.69, 9.17) is 33.7 Å². The van der Waals surface area contributed by atoms with Gasteiger partial charge in [-0.2, -0.15) is 0 Å². The van der Waals surface area contributed by atoms with E-state index in [0.29, 0.717) is 28.6 Å². The van der Waals surface area contributed by atoms with Gasteiger partial charge in [0.2, 0.25) is 0 Å². The molecule has 0 bridgehead atoms. The van der Waals surface area contributed by atoms with E-state index in [2.05, 4.69) is 0 Å². The number of halogens is 2. The normalized spacial score (nSPS) is 30.8. The van der Waals surface area contributed by atoms with Gasteiger partial charge in [-0.3, -0.25) is 0 Å². The fraction of sp³-hybridized carbons (Fsp3) is 0.600. The van der Waals surface area contributed by atoms with E-state index < -0.39 is 0 Å². The van der Waals surface area contributed by atoms with Crippen LogP contribution >= 0.6 is 23.2 Å². The lowest BCUT2D eigenvalue weighted by atomic mass is 9.74. The van der Waals surface area contributed by atoms with E-state index >= 15 is 0 Å². The van der Waals surface area contributed by atoms with Crippen molar-refractivity contribution in [2.45, 2.75) is 31.8 Å². The fourth-order valence-corrected chi connectivity index (χ4v) is 3.60. The number of nitrogens with two attached hydrogens (primary N) is 1. The summed E-state index contributed by atoms with van der Waals surface area (Å²) in [7, 11) is 0. The third-order valence-corrected chi connectivity index (χ3v) is 5.24. The Kier molecular flexibility index (Phi) is 3.78. The van der Waals surface area contributed by atoms with Gasteiger partial charge in [0.1, 0.15) is 0 Å². The summed E-state index contributed by atoms with van der Waals surface area (Å²) >= 11 is 12.1. The Balaban J connectivity index is 1.83. The van der Waals surface area contributed by atoms with Crippen LogP contribution in [0.15, 0.2) is 18.2 Å². The monoisotopic (exact) mass is 299 g/mol. The largest absolute Gasteiger partial charge is 0.377 e. The second-order valence-corrected chi connectivity index (χ2v) is 6.68. The second-order valence-electron chi connectivity index (χ2n) is 5.87. The molecule has 0 spiro atoms. The molecule has 1 aromatic rings. The van der Waals surface area contributed by atoms with Crippen LogP contribution in [-0.4, -0.2) is 19.3 Å². The van der Waals surface area contributed by atoms with Gasteiger partial charge in [0, 0.05) is 18.6 Å². The van der Waals surface area contributed by atoms with Gasteiger partial charge in [-0.25, -0.2) is 0 Å². The van der Waals surface area contributed by atoms with Crippen molar-refractivity contribution in [1.29, 1.82) is 0 Å². The van der Waals surface area contributed by atoms with Gasteiger partial charge >= 0.3 is 0 Å². The Morgan fingerprint density at radius 2 is 2.05 bits per heavy atom. The molecule has 0 aromatic heterocycles. The zero-order valence-electron chi connectivity index (χ0n) is 10.9. The number of benzene rings is 1. The molecule has 1 saturated heterocycles. The van der Waals surface area contributed by atoms with Gasteiger partial charge in [-0.05, 0) is 49.3 Å². The Bertz CT molecular complexity index is 475. The number of rotatable bonds is 4. The van der Waals surface area contributed by atoms with E-state index in [1.54, 1.807) is 0 Å². The maximum absolute atomic E-state index is 6.10. The molecular weight excluding hydrogens is 281 g/mol. The third kappa shape index (κ3) is 2.64.